The highest BCUT2D eigenvalue weighted by Crippen LogP contribution is 2.34. The Bertz CT molecular complexity index is 897. The first kappa shape index (κ1) is 15.9. The van der Waals surface area contributed by atoms with Gasteiger partial charge in [0.15, 0.2) is 0 Å². The number of rotatable bonds is 3. The van der Waals surface area contributed by atoms with Crippen molar-refractivity contribution in [2.24, 2.45) is 0 Å². The minimum absolute atomic E-state index is 0.172. The number of carbonyl (C=O) groups is 1. The minimum atomic E-state index is -0.251. The van der Waals surface area contributed by atoms with E-state index >= 15 is 0 Å². The molecule has 0 unspecified atom stereocenters. The lowest BCUT2D eigenvalue weighted by Gasteiger charge is -2.28. The maximum Gasteiger partial charge on any atom is 0.245 e. The maximum absolute atomic E-state index is 13.2. The zero-order valence-electron chi connectivity index (χ0n) is 14.7. The summed E-state index contributed by atoms with van der Waals surface area (Å²) in [5.41, 5.74) is 4.42. The molecule has 1 aliphatic rings. The molecule has 0 aliphatic carbocycles. The Morgan fingerprint density at radius 3 is 2.72 bits per heavy atom. The molecule has 0 radical (unpaired) electrons. The smallest absolute Gasteiger partial charge is 0.245 e. The summed E-state index contributed by atoms with van der Waals surface area (Å²) >= 11 is 0. The average molecular weight is 333 g/mol. The largest absolute Gasteiger partial charge is 0.334 e. The monoisotopic (exact) mass is 333 g/mol. The Labute approximate surface area is 148 Å². The highest BCUT2D eigenvalue weighted by Gasteiger charge is 2.33. The van der Waals surface area contributed by atoms with E-state index in [1.807, 2.05) is 40.7 Å². The average Bonchev–Trinajstić information content (AvgIpc) is 3.28. The topological polar surface area (TPSA) is 38.1 Å². The molecule has 0 N–H and O–H groups in total. The van der Waals surface area contributed by atoms with E-state index in [4.69, 9.17) is 0 Å². The molecule has 2 atom stereocenters. The number of aryl methyl sites for hydroxylation is 1. The van der Waals surface area contributed by atoms with Gasteiger partial charge >= 0.3 is 0 Å². The summed E-state index contributed by atoms with van der Waals surface area (Å²) < 4.78 is 1.99. The van der Waals surface area contributed by atoms with Crippen LogP contribution in [0.25, 0.3) is 11.0 Å². The van der Waals surface area contributed by atoms with Crippen LogP contribution in [0.3, 0.4) is 0 Å². The first-order chi connectivity index (χ1) is 12.1. The van der Waals surface area contributed by atoms with E-state index < -0.39 is 0 Å². The number of carbonyl (C=O) groups excluding carboxylic acids is 1. The van der Waals surface area contributed by atoms with Crippen LogP contribution in [0.5, 0.6) is 0 Å². The summed E-state index contributed by atoms with van der Waals surface area (Å²) in [5.74, 6) is 0.172. The lowest BCUT2D eigenvalue weighted by atomic mass is 10.0. The number of benzene rings is 2. The van der Waals surface area contributed by atoms with Crippen LogP contribution in [0.15, 0.2) is 54.9 Å². The molecule has 0 bridgehead atoms. The fourth-order valence-corrected chi connectivity index (χ4v) is 3.81. The van der Waals surface area contributed by atoms with Crippen LogP contribution in [0.4, 0.5) is 0 Å². The molecule has 1 fully saturated rings. The number of aromatic nitrogens is 2. The fraction of sp³-hybridized carbons (Fsp3) is 0.333. The molecule has 2 aromatic carbocycles. The van der Waals surface area contributed by atoms with Gasteiger partial charge in [-0.2, -0.15) is 0 Å². The third-order valence-corrected chi connectivity index (χ3v) is 5.25. The highest BCUT2D eigenvalue weighted by molar-refractivity contribution is 5.84. The van der Waals surface area contributed by atoms with Gasteiger partial charge in [-0.1, -0.05) is 42.0 Å². The van der Waals surface area contributed by atoms with E-state index in [1.54, 1.807) is 6.33 Å². The van der Waals surface area contributed by atoms with Crippen molar-refractivity contribution in [3.63, 3.8) is 0 Å². The van der Waals surface area contributed by atoms with Crippen molar-refractivity contribution in [2.45, 2.75) is 38.8 Å². The second-order valence-corrected chi connectivity index (χ2v) is 6.92. The second-order valence-electron chi connectivity index (χ2n) is 6.92. The maximum atomic E-state index is 13.2. The summed E-state index contributed by atoms with van der Waals surface area (Å²) in [6.07, 6.45) is 3.87. The molecule has 128 valence electrons. The standard InChI is InChI=1S/C21H23N3O/c1-15-9-11-17(12-10-15)19-8-5-13-23(19)21(25)16(2)24-14-22-18-6-3-4-7-20(18)24/h3-4,6-7,9-12,14,16,19H,5,8,13H2,1-2H3/t16-,19+/m1/s1. The Morgan fingerprint density at radius 2 is 1.92 bits per heavy atom. The zero-order valence-corrected chi connectivity index (χ0v) is 14.7. The Balaban J connectivity index is 1.61. The van der Waals surface area contributed by atoms with Crippen molar-refractivity contribution in [1.82, 2.24) is 14.5 Å². The van der Waals surface area contributed by atoms with Crippen molar-refractivity contribution >= 4 is 16.9 Å². The van der Waals surface area contributed by atoms with E-state index in [9.17, 15) is 4.79 Å². The molecular formula is C21H23N3O. The van der Waals surface area contributed by atoms with Crippen LogP contribution in [0.1, 0.15) is 43.0 Å². The number of amides is 1. The van der Waals surface area contributed by atoms with Gasteiger partial charge in [-0.15, -0.1) is 0 Å². The van der Waals surface area contributed by atoms with E-state index in [0.29, 0.717) is 0 Å². The van der Waals surface area contributed by atoms with E-state index in [2.05, 4.69) is 36.2 Å². The van der Waals surface area contributed by atoms with Crippen LogP contribution in [-0.2, 0) is 4.79 Å². The van der Waals surface area contributed by atoms with Crippen molar-refractivity contribution < 1.29 is 4.79 Å². The van der Waals surface area contributed by atoms with Crippen molar-refractivity contribution in [3.8, 4) is 0 Å². The Kier molecular flexibility index (Phi) is 4.04. The first-order valence-electron chi connectivity index (χ1n) is 8.94. The SMILES string of the molecule is Cc1ccc([C@@H]2CCCN2C(=O)[C@@H](C)n2cnc3ccccc32)cc1. The lowest BCUT2D eigenvalue weighted by molar-refractivity contribution is -0.135. The Morgan fingerprint density at radius 1 is 1.16 bits per heavy atom. The highest BCUT2D eigenvalue weighted by atomic mass is 16.2. The molecule has 25 heavy (non-hydrogen) atoms. The van der Waals surface area contributed by atoms with Crippen molar-refractivity contribution in [1.29, 1.82) is 0 Å². The molecule has 0 spiro atoms. The molecule has 3 aromatic rings. The number of hydrogen-bond acceptors (Lipinski definition) is 2. The summed E-state index contributed by atoms with van der Waals surface area (Å²) in [6.45, 7) is 4.89. The fourth-order valence-electron chi connectivity index (χ4n) is 3.81. The third-order valence-electron chi connectivity index (χ3n) is 5.25. The van der Waals surface area contributed by atoms with E-state index in [-0.39, 0.29) is 18.0 Å². The van der Waals surface area contributed by atoms with Gasteiger partial charge in [-0.05, 0) is 44.4 Å². The number of nitrogens with zero attached hydrogens (tertiary/aromatic N) is 3. The van der Waals surface area contributed by atoms with E-state index in [0.717, 1.165) is 30.4 Å². The van der Waals surface area contributed by atoms with Gasteiger partial charge in [0.1, 0.15) is 6.04 Å². The van der Waals surface area contributed by atoms with Crippen LogP contribution in [0, 0.1) is 6.92 Å². The van der Waals surface area contributed by atoms with Gasteiger partial charge in [-0.25, -0.2) is 4.98 Å². The van der Waals surface area contributed by atoms with Crippen LogP contribution < -0.4 is 0 Å². The first-order valence-corrected chi connectivity index (χ1v) is 8.94. The van der Waals surface area contributed by atoms with Crippen LogP contribution >= 0.6 is 0 Å². The van der Waals surface area contributed by atoms with Gasteiger partial charge in [0.25, 0.3) is 0 Å². The lowest BCUT2D eigenvalue weighted by Crippen LogP contribution is -2.35. The van der Waals surface area contributed by atoms with Crippen molar-refractivity contribution in [3.05, 3.63) is 66.0 Å². The minimum Gasteiger partial charge on any atom is -0.334 e. The predicted molar refractivity (Wildman–Crippen MR) is 99.3 cm³/mol. The van der Waals surface area contributed by atoms with Gasteiger partial charge in [0.2, 0.25) is 5.91 Å². The molecule has 1 amide bonds. The summed E-state index contributed by atoms with van der Waals surface area (Å²) in [4.78, 5) is 19.7. The van der Waals surface area contributed by atoms with Gasteiger partial charge < -0.3 is 9.47 Å². The number of hydrogen-bond donors (Lipinski definition) is 0. The Hall–Kier alpha value is -2.62. The third kappa shape index (κ3) is 2.82. The molecule has 4 rings (SSSR count). The molecule has 4 nitrogen and oxygen atoms in total. The van der Waals surface area contributed by atoms with Gasteiger partial charge in [0, 0.05) is 6.54 Å². The molecule has 1 saturated heterocycles. The summed E-state index contributed by atoms with van der Waals surface area (Å²) in [7, 11) is 0. The van der Waals surface area contributed by atoms with Crippen LogP contribution in [0.2, 0.25) is 0 Å². The number of fused-ring (bicyclic) bond motifs is 1. The summed E-state index contributed by atoms with van der Waals surface area (Å²) in [6, 6.07) is 16.5. The second kappa shape index (κ2) is 6.36. The summed E-state index contributed by atoms with van der Waals surface area (Å²) in [5, 5.41) is 0. The molecule has 1 aliphatic heterocycles. The van der Waals surface area contributed by atoms with E-state index in [1.165, 1.54) is 11.1 Å². The molecule has 1 aromatic heterocycles. The molecule has 2 heterocycles. The quantitative estimate of drug-likeness (QED) is 0.718. The molecule has 0 saturated carbocycles. The van der Waals surface area contributed by atoms with Crippen molar-refractivity contribution in [2.75, 3.05) is 6.54 Å². The number of imidazole rings is 1. The van der Waals surface area contributed by atoms with Gasteiger partial charge in [0.05, 0.1) is 23.4 Å². The molecular weight excluding hydrogens is 310 g/mol. The van der Waals surface area contributed by atoms with Gasteiger partial charge in [-0.3, -0.25) is 4.79 Å². The zero-order chi connectivity index (χ0) is 17.4. The number of para-hydroxylation sites is 2. The predicted octanol–water partition coefficient (Wildman–Crippen LogP) is 4.27. The van der Waals surface area contributed by atoms with Crippen LogP contribution in [-0.4, -0.2) is 26.9 Å². The number of likely N-dealkylation sites (tertiary alicyclic amines) is 1. The molecule has 4 heteroatoms. The normalized spacial score (nSPS) is 18.6.